The van der Waals surface area contributed by atoms with Crippen LogP contribution in [-0.2, 0) is 0 Å². The lowest BCUT2D eigenvalue weighted by Gasteiger charge is -2.09. The first-order chi connectivity index (χ1) is 7.00. The maximum Gasteiger partial charge on any atom is 0.335 e. The standard InChI is InChI=1S/C10H12N2O2S/c1-12(2)10(15)11-8-5-3-7(4-6-8)9(13)14/h3-6H,1-2H3,(H,11,15)(H,13,14). The molecule has 0 bridgehead atoms. The van der Waals surface area contributed by atoms with Crippen LogP contribution >= 0.6 is 12.6 Å². The van der Waals surface area contributed by atoms with Crippen LogP contribution in [0.15, 0.2) is 29.3 Å². The molecule has 80 valence electrons. The minimum Gasteiger partial charge on any atom is -0.478 e. The van der Waals surface area contributed by atoms with Crippen LogP contribution in [0.2, 0.25) is 0 Å². The Morgan fingerprint density at radius 1 is 1.33 bits per heavy atom. The molecule has 0 unspecified atom stereocenters. The molecule has 1 aromatic carbocycles. The summed E-state index contributed by atoms with van der Waals surface area (Å²) in [7, 11) is 3.66. The molecule has 0 radical (unpaired) electrons. The highest BCUT2D eigenvalue weighted by Crippen LogP contribution is 2.14. The highest BCUT2D eigenvalue weighted by molar-refractivity contribution is 7.96. The molecular formula is C10H12N2O2S. The summed E-state index contributed by atoms with van der Waals surface area (Å²) in [5.74, 6) is -0.941. The van der Waals surface area contributed by atoms with Crippen LogP contribution in [0.3, 0.4) is 0 Å². The lowest BCUT2D eigenvalue weighted by atomic mass is 10.2. The predicted molar refractivity (Wildman–Crippen MR) is 63.2 cm³/mol. The third-order valence-electron chi connectivity index (χ3n) is 1.74. The highest BCUT2D eigenvalue weighted by atomic mass is 32.1. The Balaban J connectivity index is 2.90. The van der Waals surface area contributed by atoms with Crippen molar-refractivity contribution in [1.82, 2.24) is 4.90 Å². The monoisotopic (exact) mass is 224 g/mol. The van der Waals surface area contributed by atoms with Gasteiger partial charge in [0.2, 0.25) is 0 Å². The normalized spacial score (nSPS) is 11.3. The molecule has 0 heterocycles. The van der Waals surface area contributed by atoms with Gasteiger partial charge in [-0.15, -0.1) is 12.6 Å². The van der Waals surface area contributed by atoms with Gasteiger partial charge in [-0.05, 0) is 24.3 Å². The molecule has 0 aromatic heterocycles. The summed E-state index contributed by atoms with van der Waals surface area (Å²) < 4.78 is 0. The van der Waals surface area contributed by atoms with Gasteiger partial charge in [0.15, 0.2) is 5.17 Å². The van der Waals surface area contributed by atoms with Gasteiger partial charge in [-0.2, -0.15) is 0 Å². The second-order valence-electron chi connectivity index (χ2n) is 3.16. The van der Waals surface area contributed by atoms with Crippen LogP contribution < -0.4 is 0 Å². The lowest BCUT2D eigenvalue weighted by Crippen LogP contribution is -2.15. The van der Waals surface area contributed by atoms with E-state index in [2.05, 4.69) is 17.6 Å². The number of carbonyl (C=O) groups is 1. The van der Waals surface area contributed by atoms with Crippen LogP contribution in [0.5, 0.6) is 0 Å². The van der Waals surface area contributed by atoms with Gasteiger partial charge in [-0.1, -0.05) is 0 Å². The Kier molecular flexibility index (Phi) is 3.74. The number of hydrogen-bond acceptors (Lipinski definition) is 2. The molecule has 0 fully saturated rings. The number of amidine groups is 1. The number of aliphatic imine (C=N–C) groups is 1. The maximum atomic E-state index is 10.6. The molecule has 0 aliphatic carbocycles. The van der Waals surface area contributed by atoms with Crippen molar-refractivity contribution in [3.05, 3.63) is 29.8 Å². The highest BCUT2D eigenvalue weighted by Gasteiger charge is 2.01. The third kappa shape index (κ3) is 3.28. The van der Waals surface area contributed by atoms with E-state index in [4.69, 9.17) is 5.11 Å². The van der Waals surface area contributed by atoms with E-state index in [0.717, 1.165) is 0 Å². The average Bonchev–Trinajstić information content (AvgIpc) is 2.18. The molecule has 1 N–H and O–H groups in total. The van der Waals surface area contributed by atoms with E-state index in [1.54, 1.807) is 17.0 Å². The summed E-state index contributed by atoms with van der Waals surface area (Å²) in [6.45, 7) is 0. The Hall–Kier alpha value is -1.49. The summed E-state index contributed by atoms with van der Waals surface area (Å²) in [5, 5.41) is 9.25. The van der Waals surface area contributed by atoms with Crippen LogP contribution in [0.25, 0.3) is 0 Å². The molecule has 0 atom stereocenters. The summed E-state index contributed by atoms with van der Waals surface area (Å²) in [5.41, 5.74) is 0.929. The first-order valence-corrected chi connectivity index (χ1v) is 4.74. The largest absolute Gasteiger partial charge is 0.478 e. The fourth-order valence-electron chi connectivity index (χ4n) is 0.894. The van der Waals surface area contributed by atoms with Crippen molar-refractivity contribution < 1.29 is 9.90 Å². The van der Waals surface area contributed by atoms with E-state index in [0.29, 0.717) is 10.9 Å². The van der Waals surface area contributed by atoms with Crippen molar-refractivity contribution in [2.45, 2.75) is 0 Å². The van der Waals surface area contributed by atoms with Crippen molar-refractivity contribution in [3.8, 4) is 0 Å². The molecule has 1 rings (SSSR count). The molecule has 15 heavy (non-hydrogen) atoms. The van der Waals surface area contributed by atoms with E-state index >= 15 is 0 Å². The average molecular weight is 224 g/mol. The SMILES string of the molecule is CN(C)C(S)=Nc1ccc(C(=O)O)cc1. The zero-order valence-electron chi connectivity index (χ0n) is 8.51. The predicted octanol–water partition coefficient (Wildman–Crippen LogP) is 1.86. The molecule has 0 amide bonds. The molecule has 5 heteroatoms. The van der Waals surface area contributed by atoms with Gasteiger partial charge in [-0.25, -0.2) is 9.79 Å². The molecule has 4 nitrogen and oxygen atoms in total. The molecule has 0 saturated carbocycles. The summed E-state index contributed by atoms with van der Waals surface area (Å²) in [4.78, 5) is 16.5. The molecular weight excluding hydrogens is 212 g/mol. The number of aromatic carboxylic acids is 1. The van der Waals surface area contributed by atoms with Gasteiger partial charge in [0.05, 0.1) is 11.3 Å². The molecule has 0 saturated heterocycles. The topological polar surface area (TPSA) is 52.9 Å². The van der Waals surface area contributed by atoms with Gasteiger partial charge < -0.3 is 10.0 Å². The molecule has 0 spiro atoms. The van der Waals surface area contributed by atoms with Gasteiger partial charge in [0, 0.05) is 14.1 Å². The van der Waals surface area contributed by atoms with Gasteiger partial charge in [0.25, 0.3) is 0 Å². The van der Waals surface area contributed by atoms with E-state index in [1.807, 2.05) is 14.1 Å². The summed E-state index contributed by atoms with van der Waals surface area (Å²) in [6.07, 6.45) is 0. The lowest BCUT2D eigenvalue weighted by molar-refractivity contribution is 0.0697. The third-order valence-corrected chi connectivity index (χ3v) is 2.24. The van der Waals surface area contributed by atoms with Crippen LogP contribution in [0, 0.1) is 0 Å². The number of rotatable bonds is 2. The maximum absolute atomic E-state index is 10.6. The number of thiol groups is 1. The van der Waals surface area contributed by atoms with Gasteiger partial charge in [-0.3, -0.25) is 0 Å². The summed E-state index contributed by atoms with van der Waals surface area (Å²) in [6, 6.07) is 6.31. The van der Waals surface area contributed by atoms with E-state index in [9.17, 15) is 4.79 Å². The Labute approximate surface area is 93.7 Å². The zero-order valence-corrected chi connectivity index (χ0v) is 9.40. The van der Waals surface area contributed by atoms with E-state index in [1.165, 1.54) is 12.1 Å². The van der Waals surface area contributed by atoms with Crippen molar-refractivity contribution in [1.29, 1.82) is 0 Å². The minimum atomic E-state index is -0.941. The molecule has 0 aliphatic rings. The summed E-state index contributed by atoms with van der Waals surface area (Å²) >= 11 is 4.16. The van der Waals surface area contributed by atoms with Crippen LogP contribution in [0.1, 0.15) is 10.4 Å². The smallest absolute Gasteiger partial charge is 0.335 e. The van der Waals surface area contributed by atoms with Crippen molar-refractivity contribution >= 4 is 29.5 Å². The van der Waals surface area contributed by atoms with Crippen molar-refractivity contribution in [2.24, 2.45) is 4.99 Å². The fraction of sp³-hybridized carbons (Fsp3) is 0.200. The first kappa shape index (κ1) is 11.6. The minimum absolute atomic E-state index is 0.250. The van der Waals surface area contributed by atoms with Crippen LogP contribution in [-0.4, -0.2) is 35.2 Å². The van der Waals surface area contributed by atoms with E-state index < -0.39 is 5.97 Å². The van der Waals surface area contributed by atoms with E-state index in [-0.39, 0.29) is 5.56 Å². The van der Waals surface area contributed by atoms with Gasteiger partial charge >= 0.3 is 5.97 Å². The second-order valence-corrected chi connectivity index (χ2v) is 3.56. The number of hydrogen-bond donors (Lipinski definition) is 2. The van der Waals surface area contributed by atoms with Crippen molar-refractivity contribution in [3.63, 3.8) is 0 Å². The first-order valence-electron chi connectivity index (χ1n) is 4.29. The van der Waals surface area contributed by atoms with Crippen LogP contribution in [0.4, 0.5) is 5.69 Å². The quantitative estimate of drug-likeness (QED) is 0.458. The van der Waals surface area contributed by atoms with Crippen molar-refractivity contribution in [2.75, 3.05) is 14.1 Å². The fourth-order valence-corrected chi connectivity index (χ4v) is 1.01. The van der Waals surface area contributed by atoms with Gasteiger partial charge in [0.1, 0.15) is 0 Å². The zero-order chi connectivity index (χ0) is 11.4. The molecule has 0 aliphatic heterocycles. The number of benzene rings is 1. The number of carboxylic acid groups (broad SMARTS) is 1. The second kappa shape index (κ2) is 4.84. The Morgan fingerprint density at radius 3 is 2.27 bits per heavy atom. The molecule has 1 aromatic rings. The Bertz CT molecular complexity index is 385. The number of carboxylic acids is 1. The number of nitrogens with zero attached hydrogens (tertiary/aromatic N) is 2. The Morgan fingerprint density at radius 2 is 1.87 bits per heavy atom.